The fraction of sp³-hybridized carbons (Fsp3) is 0. The molecule has 0 aliphatic rings. The van der Waals surface area contributed by atoms with E-state index in [0.717, 1.165) is 0 Å². The van der Waals surface area contributed by atoms with Gasteiger partial charge in [0.2, 0.25) is 0 Å². The molecule has 0 unspecified atom stereocenters. The number of benzene rings is 1. The van der Waals surface area contributed by atoms with Crippen LogP contribution in [0, 0.1) is 5.82 Å². The van der Waals surface area contributed by atoms with Crippen molar-refractivity contribution >= 4 is 11.6 Å². The molecule has 3 aromatic rings. The van der Waals surface area contributed by atoms with Gasteiger partial charge in [0.05, 0.1) is 11.3 Å². The summed E-state index contributed by atoms with van der Waals surface area (Å²) in [5.41, 5.74) is 0.479. The van der Waals surface area contributed by atoms with Crippen LogP contribution in [-0.2, 0) is 0 Å². The maximum absolute atomic E-state index is 13.5. The molecule has 0 radical (unpaired) electrons. The number of hydrogen-bond acceptors (Lipinski definition) is 3. The first-order valence-corrected chi connectivity index (χ1v) is 6.26. The van der Waals surface area contributed by atoms with Crippen LogP contribution >= 0.6 is 0 Å². The summed E-state index contributed by atoms with van der Waals surface area (Å²) >= 11 is 0. The second-order valence-electron chi connectivity index (χ2n) is 4.29. The average Bonchev–Trinajstić information content (AvgIpc) is 3.04. The Bertz CT molecular complexity index is 754. The Labute approximate surface area is 120 Å². The first kappa shape index (κ1) is 13.0. The van der Waals surface area contributed by atoms with E-state index in [4.69, 9.17) is 0 Å². The molecule has 2 aromatic heterocycles. The summed E-state index contributed by atoms with van der Waals surface area (Å²) in [5.74, 6) is -0.297. The number of rotatable bonds is 3. The summed E-state index contributed by atoms with van der Waals surface area (Å²) in [6.45, 7) is 0. The maximum atomic E-state index is 13.5. The normalized spacial score (nSPS) is 10.3. The molecule has 104 valence electrons. The molecule has 0 saturated carbocycles. The number of pyridine rings is 1. The fourth-order valence-corrected chi connectivity index (χ4v) is 1.82. The lowest BCUT2D eigenvalue weighted by molar-refractivity contribution is 0.102. The smallest absolute Gasteiger partial charge is 0.257 e. The van der Waals surface area contributed by atoms with Crippen molar-refractivity contribution in [3.05, 3.63) is 72.4 Å². The van der Waals surface area contributed by atoms with E-state index in [1.165, 1.54) is 18.3 Å². The quantitative estimate of drug-likeness (QED) is 0.803. The Morgan fingerprint density at radius 3 is 2.67 bits per heavy atom. The third-order valence-corrected chi connectivity index (χ3v) is 2.87. The third kappa shape index (κ3) is 2.79. The number of nitrogens with one attached hydrogen (secondary N) is 1. The number of aromatic nitrogens is 3. The molecule has 1 N–H and O–H groups in total. The van der Waals surface area contributed by atoms with Gasteiger partial charge in [0, 0.05) is 18.6 Å². The standard InChI is InChI=1S/C15H11FN4O/c16-12-4-1-2-5-13(12)19-15(21)11-6-7-14(17-10-11)20-9-3-8-18-20/h1-10H,(H,19,21). The van der Waals surface area contributed by atoms with Crippen molar-refractivity contribution in [2.45, 2.75) is 0 Å². The molecule has 0 fully saturated rings. The molecule has 0 aliphatic carbocycles. The van der Waals surface area contributed by atoms with Gasteiger partial charge >= 0.3 is 0 Å². The van der Waals surface area contributed by atoms with Crippen molar-refractivity contribution < 1.29 is 9.18 Å². The van der Waals surface area contributed by atoms with E-state index in [0.29, 0.717) is 11.4 Å². The van der Waals surface area contributed by atoms with Crippen LogP contribution in [0.5, 0.6) is 0 Å². The second-order valence-corrected chi connectivity index (χ2v) is 4.29. The minimum Gasteiger partial charge on any atom is -0.319 e. The highest BCUT2D eigenvalue weighted by molar-refractivity contribution is 6.04. The Morgan fingerprint density at radius 1 is 1.14 bits per heavy atom. The van der Waals surface area contributed by atoms with Crippen molar-refractivity contribution in [2.24, 2.45) is 0 Å². The number of amides is 1. The van der Waals surface area contributed by atoms with Crippen LogP contribution in [0.2, 0.25) is 0 Å². The maximum Gasteiger partial charge on any atom is 0.257 e. The Hall–Kier alpha value is -3.02. The molecule has 0 spiro atoms. The minimum absolute atomic E-state index is 0.138. The monoisotopic (exact) mass is 282 g/mol. The van der Waals surface area contributed by atoms with Gasteiger partial charge in [-0.3, -0.25) is 4.79 Å². The molecule has 21 heavy (non-hydrogen) atoms. The third-order valence-electron chi connectivity index (χ3n) is 2.87. The predicted octanol–water partition coefficient (Wildman–Crippen LogP) is 2.66. The van der Waals surface area contributed by atoms with Crippen LogP contribution in [0.1, 0.15) is 10.4 Å². The molecular weight excluding hydrogens is 271 g/mol. The van der Waals surface area contributed by atoms with Crippen molar-refractivity contribution in [3.8, 4) is 5.82 Å². The molecule has 1 amide bonds. The lowest BCUT2D eigenvalue weighted by Gasteiger charge is -2.06. The van der Waals surface area contributed by atoms with Crippen LogP contribution < -0.4 is 5.32 Å². The largest absolute Gasteiger partial charge is 0.319 e. The number of hydrogen-bond donors (Lipinski definition) is 1. The number of halogens is 1. The molecule has 0 saturated heterocycles. The highest BCUT2D eigenvalue weighted by atomic mass is 19.1. The summed E-state index contributed by atoms with van der Waals surface area (Å²) in [4.78, 5) is 16.2. The van der Waals surface area contributed by atoms with Crippen LogP contribution in [0.25, 0.3) is 5.82 Å². The summed E-state index contributed by atoms with van der Waals surface area (Å²) < 4.78 is 15.1. The minimum atomic E-state index is -0.480. The highest BCUT2D eigenvalue weighted by Crippen LogP contribution is 2.14. The van der Waals surface area contributed by atoms with Gasteiger partial charge in [-0.25, -0.2) is 14.1 Å². The first-order chi connectivity index (χ1) is 10.2. The zero-order valence-corrected chi connectivity index (χ0v) is 10.9. The molecule has 5 nitrogen and oxygen atoms in total. The number of nitrogens with zero attached hydrogens (tertiary/aromatic N) is 3. The number of carbonyl (C=O) groups excluding carboxylic acids is 1. The SMILES string of the molecule is O=C(Nc1ccccc1F)c1ccc(-n2cccn2)nc1. The summed E-state index contributed by atoms with van der Waals surface area (Å²) in [6.07, 6.45) is 4.81. The van der Waals surface area contributed by atoms with E-state index >= 15 is 0 Å². The van der Waals surface area contributed by atoms with E-state index in [-0.39, 0.29) is 5.69 Å². The topological polar surface area (TPSA) is 59.8 Å². The molecule has 0 atom stereocenters. The lowest BCUT2D eigenvalue weighted by atomic mass is 10.2. The fourth-order valence-electron chi connectivity index (χ4n) is 1.82. The second kappa shape index (κ2) is 5.54. The number of carbonyl (C=O) groups is 1. The Kier molecular flexibility index (Phi) is 3.42. The Balaban J connectivity index is 1.78. The van der Waals surface area contributed by atoms with Crippen molar-refractivity contribution in [1.82, 2.24) is 14.8 Å². The van der Waals surface area contributed by atoms with E-state index in [9.17, 15) is 9.18 Å². The van der Waals surface area contributed by atoms with Gasteiger partial charge < -0.3 is 5.32 Å². The highest BCUT2D eigenvalue weighted by Gasteiger charge is 2.09. The van der Waals surface area contributed by atoms with Crippen LogP contribution in [0.3, 0.4) is 0 Å². The van der Waals surface area contributed by atoms with Crippen molar-refractivity contribution in [3.63, 3.8) is 0 Å². The zero-order chi connectivity index (χ0) is 14.7. The van der Waals surface area contributed by atoms with Gasteiger partial charge in [-0.15, -0.1) is 0 Å². The van der Waals surface area contributed by atoms with Gasteiger partial charge in [-0.2, -0.15) is 5.10 Å². The van der Waals surface area contributed by atoms with Crippen molar-refractivity contribution in [2.75, 3.05) is 5.32 Å². The van der Waals surface area contributed by atoms with Gasteiger partial charge in [-0.05, 0) is 30.3 Å². The van der Waals surface area contributed by atoms with E-state index in [1.54, 1.807) is 47.4 Å². The molecule has 2 heterocycles. The average molecular weight is 282 g/mol. The summed E-state index contributed by atoms with van der Waals surface area (Å²) in [6, 6.07) is 11.1. The van der Waals surface area contributed by atoms with Crippen LogP contribution in [0.4, 0.5) is 10.1 Å². The molecule has 3 rings (SSSR count). The molecule has 0 bridgehead atoms. The van der Waals surface area contributed by atoms with Gasteiger partial charge in [0.15, 0.2) is 5.82 Å². The summed E-state index contributed by atoms with van der Waals surface area (Å²) in [7, 11) is 0. The van der Waals surface area contributed by atoms with Crippen LogP contribution in [0.15, 0.2) is 61.1 Å². The number of anilines is 1. The molecule has 0 aliphatic heterocycles. The van der Waals surface area contributed by atoms with Gasteiger partial charge in [-0.1, -0.05) is 12.1 Å². The van der Waals surface area contributed by atoms with Gasteiger partial charge in [0.1, 0.15) is 5.82 Å². The first-order valence-electron chi connectivity index (χ1n) is 6.26. The van der Waals surface area contributed by atoms with Gasteiger partial charge in [0.25, 0.3) is 5.91 Å². The van der Waals surface area contributed by atoms with Crippen molar-refractivity contribution in [1.29, 1.82) is 0 Å². The Morgan fingerprint density at radius 2 is 2.00 bits per heavy atom. The molecule has 1 aromatic carbocycles. The predicted molar refractivity (Wildman–Crippen MR) is 75.7 cm³/mol. The number of para-hydroxylation sites is 1. The van der Waals surface area contributed by atoms with E-state index < -0.39 is 11.7 Å². The molecule has 6 heteroatoms. The molecular formula is C15H11FN4O. The van der Waals surface area contributed by atoms with Crippen LogP contribution in [-0.4, -0.2) is 20.7 Å². The van der Waals surface area contributed by atoms with E-state index in [1.807, 2.05) is 0 Å². The lowest BCUT2D eigenvalue weighted by Crippen LogP contribution is -2.13. The zero-order valence-electron chi connectivity index (χ0n) is 10.9. The van der Waals surface area contributed by atoms with E-state index in [2.05, 4.69) is 15.4 Å². The summed E-state index contributed by atoms with van der Waals surface area (Å²) in [5, 5.41) is 6.55.